The molecule has 152 valence electrons. The van der Waals surface area contributed by atoms with Crippen LogP contribution in [0, 0.1) is 23.2 Å². The van der Waals surface area contributed by atoms with E-state index in [0.717, 1.165) is 43.4 Å². The Morgan fingerprint density at radius 2 is 1.97 bits per heavy atom. The van der Waals surface area contributed by atoms with Gasteiger partial charge in [-0.3, -0.25) is 0 Å². The van der Waals surface area contributed by atoms with Crippen molar-refractivity contribution in [2.24, 2.45) is 23.2 Å². The minimum absolute atomic E-state index is 0.0152. The fourth-order valence-corrected chi connectivity index (χ4v) is 6.61. The van der Waals surface area contributed by atoms with Crippen molar-refractivity contribution in [3.05, 3.63) is 65.2 Å². The largest absolute Gasteiger partial charge is 0.489 e. The Hall–Kier alpha value is -2.13. The van der Waals surface area contributed by atoms with Crippen molar-refractivity contribution in [2.75, 3.05) is 0 Å². The van der Waals surface area contributed by atoms with E-state index in [1.54, 1.807) is 0 Å². The van der Waals surface area contributed by atoms with Gasteiger partial charge in [-0.15, -0.1) is 0 Å². The topological polar surface area (TPSA) is 46.5 Å². The molecule has 0 unspecified atom stereocenters. The number of benzene rings is 2. The van der Waals surface area contributed by atoms with Gasteiger partial charge in [0.15, 0.2) is 0 Å². The lowest BCUT2D eigenvalue weighted by Gasteiger charge is -2.52. The summed E-state index contributed by atoms with van der Waals surface area (Å²) in [4.78, 5) is 12.1. The van der Waals surface area contributed by atoms with E-state index in [4.69, 9.17) is 4.74 Å². The second-order valence-corrected chi connectivity index (χ2v) is 9.57. The average molecular weight is 391 g/mol. The number of aldehydes is 1. The van der Waals surface area contributed by atoms with Gasteiger partial charge in [-0.1, -0.05) is 43.3 Å². The molecular formula is C26H30O3. The number of aliphatic hydroxyl groups excluding tert-OH is 1. The number of ether oxygens (including phenoxy) is 1. The van der Waals surface area contributed by atoms with Gasteiger partial charge in [0.05, 0.1) is 6.10 Å². The van der Waals surface area contributed by atoms with Crippen LogP contribution >= 0.6 is 0 Å². The van der Waals surface area contributed by atoms with E-state index in [-0.39, 0.29) is 17.4 Å². The maximum absolute atomic E-state index is 12.1. The number of fused-ring (bicyclic) bond motifs is 5. The molecule has 3 heteroatoms. The maximum Gasteiger partial charge on any atom is 0.123 e. The van der Waals surface area contributed by atoms with Crippen LogP contribution in [0.3, 0.4) is 0 Å². The fourth-order valence-electron chi connectivity index (χ4n) is 6.61. The first-order valence-electron chi connectivity index (χ1n) is 11.0. The quantitative estimate of drug-likeness (QED) is 0.755. The van der Waals surface area contributed by atoms with Gasteiger partial charge in [0.2, 0.25) is 0 Å². The lowest BCUT2D eigenvalue weighted by molar-refractivity contribution is -0.117. The van der Waals surface area contributed by atoms with Crippen molar-refractivity contribution in [2.45, 2.75) is 57.7 Å². The summed E-state index contributed by atoms with van der Waals surface area (Å²) >= 11 is 0. The van der Waals surface area contributed by atoms with Gasteiger partial charge in [-0.25, -0.2) is 0 Å². The van der Waals surface area contributed by atoms with Gasteiger partial charge in [0, 0.05) is 5.92 Å². The Balaban J connectivity index is 1.41. The van der Waals surface area contributed by atoms with Gasteiger partial charge in [-0.05, 0) is 84.1 Å². The molecule has 0 bridgehead atoms. The van der Waals surface area contributed by atoms with E-state index in [0.29, 0.717) is 24.4 Å². The molecule has 2 saturated carbocycles. The number of aliphatic hydroxyl groups is 1. The molecule has 0 spiro atoms. The second-order valence-electron chi connectivity index (χ2n) is 9.57. The monoisotopic (exact) mass is 390 g/mol. The molecule has 0 amide bonds. The summed E-state index contributed by atoms with van der Waals surface area (Å²) in [7, 11) is 0. The van der Waals surface area contributed by atoms with E-state index in [1.165, 1.54) is 17.4 Å². The summed E-state index contributed by atoms with van der Waals surface area (Å²) in [5.41, 5.74) is 3.82. The van der Waals surface area contributed by atoms with Crippen molar-refractivity contribution < 1.29 is 14.6 Å². The number of hydrogen-bond acceptors (Lipinski definition) is 3. The van der Waals surface area contributed by atoms with Crippen molar-refractivity contribution in [1.29, 1.82) is 0 Å². The highest BCUT2D eigenvalue weighted by Gasteiger charge is 2.56. The van der Waals surface area contributed by atoms with E-state index in [9.17, 15) is 9.90 Å². The lowest BCUT2D eigenvalue weighted by Crippen LogP contribution is -2.47. The third-order valence-electron chi connectivity index (χ3n) is 8.17. The van der Waals surface area contributed by atoms with Crippen molar-refractivity contribution in [3.63, 3.8) is 0 Å². The van der Waals surface area contributed by atoms with Crippen LogP contribution in [0.15, 0.2) is 48.5 Å². The molecular weight excluding hydrogens is 360 g/mol. The van der Waals surface area contributed by atoms with Crippen LogP contribution in [0.2, 0.25) is 0 Å². The zero-order valence-electron chi connectivity index (χ0n) is 17.1. The summed E-state index contributed by atoms with van der Waals surface area (Å²) in [5, 5.41) is 10.6. The number of hydrogen-bond donors (Lipinski definition) is 1. The Kier molecular flexibility index (Phi) is 4.74. The normalized spacial score (nSPS) is 35.3. The molecule has 3 aliphatic carbocycles. The number of carbonyl (C=O) groups excluding carboxylic acids is 1. The molecule has 0 aromatic heterocycles. The van der Waals surface area contributed by atoms with E-state index >= 15 is 0 Å². The standard InChI is InChI=1S/C26H30O3/c1-26-12-11-22-21-8-7-20(29-16-17-5-3-2-4-6-17)14-18(21)13-19(15-27)25(22)23(26)9-10-24(26)28/h2-8,14-15,19,22-25,28H,9-13,16H2,1H3/t19-,22+,23-,24+,25+,26-/m0/s1. The molecule has 6 atom stereocenters. The smallest absolute Gasteiger partial charge is 0.123 e. The molecule has 0 radical (unpaired) electrons. The fraction of sp³-hybridized carbons (Fsp3) is 0.500. The molecule has 3 aliphatic rings. The Bertz CT molecular complexity index is 892. The van der Waals surface area contributed by atoms with Crippen molar-refractivity contribution in [3.8, 4) is 5.75 Å². The van der Waals surface area contributed by atoms with Gasteiger partial charge < -0.3 is 14.6 Å². The van der Waals surface area contributed by atoms with Gasteiger partial charge in [0.1, 0.15) is 18.6 Å². The van der Waals surface area contributed by atoms with E-state index in [2.05, 4.69) is 37.3 Å². The highest BCUT2D eigenvalue weighted by Crippen LogP contribution is 2.61. The molecule has 0 aliphatic heterocycles. The summed E-state index contributed by atoms with van der Waals surface area (Å²) in [6, 6.07) is 16.7. The third kappa shape index (κ3) is 3.11. The van der Waals surface area contributed by atoms with Crippen LogP contribution in [0.25, 0.3) is 0 Å². The predicted octanol–water partition coefficient (Wildman–Crippen LogP) is 4.91. The molecule has 0 saturated heterocycles. The molecule has 2 aromatic carbocycles. The number of carbonyl (C=O) groups is 1. The predicted molar refractivity (Wildman–Crippen MR) is 113 cm³/mol. The van der Waals surface area contributed by atoms with Gasteiger partial charge in [0.25, 0.3) is 0 Å². The highest BCUT2D eigenvalue weighted by atomic mass is 16.5. The van der Waals surface area contributed by atoms with Crippen LogP contribution in [-0.4, -0.2) is 17.5 Å². The lowest BCUT2D eigenvalue weighted by atomic mass is 9.53. The molecule has 29 heavy (non-hydrogen) atoms. The zero-order valence-corrected chi connectivity index (χ0v) is 17.1. The zero-order chi connectivity index (χ0) is 20.0. The molecule has 3 nitrogen and oxygen atoms in total. The number of rotatable bonds is 4. The summed E-state index contributed by atoms with van der Waals surface area (Å²) in [5.74, 6) is 2.18. The summed E-state index contributed by atoms with van der Waals surface area (Å²) < 4.78 is 6.04. The minimum Gasteiger partial charge on any atom is -0.489 e. The molecule has 2 fully saturated rings. The van der Waals surface area contributed by atoms with E-state index < -0.39 is 0 Å². The second kappa shape index (κ2) is 7.28. The first-order chi connectivity index (χ1) is 14.1. The first-order valence-corrected chi connectivity index (χ1v) is 11.0. The Labute approximate surface area is 173 Å². The average Bonchev–Trinajstić information content (AvgIpc) is 3.06. The highest BCUT2D eigenvalue weighted by molar-refractivity contribution is 5.58. The first kappa shape index (κ1) is 18.9. The van der Waals surface area contributed by atoms with Crippen molar-refractivity contribution >= 4 is 6.29 Å². The third-order valence-corrected chi connectivity index (χ3v) is 8.17. The SMILES string of the molecule is C[C@]12CC[C@@H]3c4ccc(OCc5ccccc5)cc4C[C@@H](C=O)[C@H]3[C@@H]1CC[C@H]2O. The van der Waals surface area contributed by atoms with Crippen LogP contribution < -0.4 is 4.74 Å². The molecule has 1 N–H and O–H groups in total. The summed E-state index contributed by atoms with van der Waals surface area (Å²) in [6.07, 6.45) is 5.83. The maximum atomic E-state index is 12.1. The minimum atomic E-state index is -0.212. The van der Waals surface area contributed by atoms with Gasteiger partial charge in [-0.2, -0.15) is 0 Å². The van der Waals surface area contributed by atoms with Crippen LogP contribution in [0.4, 0.5) is 0 Å². The Morgan fingerprint density at radius 3 is 2.76 bits per heavy atom. The molecule has 0 heterocycles. The van der Waals surface area contributed by atoms with Crippen LogP contribution in [-0.2, 0) is 17.8 Å². The van der Waals surface area contributed by atoms with E-state index in [1.807, 2.05) is 18.2 Å². The van der Waals surface area contributed by atoms with Gasteiger partial charge >= 0.3 is 0 Å². The Morgan fingerprint density at radius 1 is 1.14 bits per heavy atom. The molecule has 2 aromatic rings. The summed E-state index contributed by atoms with van der Waals surface area (Å²) in [6.45, 7) is 2.81. The van der Waals surface area contributed by atoms with Crippen molar-refractivity contribution in [1.82, 2.24) is 0 Å². The molecule has 5 rings (SSSR count). The van der Waals surface area contributed by atoms with Crippen LogP contribution in [0.5, 0.6) is 5.75 Å². The van der Waals surface area contributed by atoms with Crippen LogP contribution in [0.1, 0.15) is 55.2 Å².